The summed E-state index contributed by atoms with van der Waals surface area (Å²) in [5.74, 6) is 2.30. The second kappa shape index (κ2) is 8.40. The average Bonchev–Trinajstić information content (AvgIpc) is 3.06. The Morgan fingerprint density at radius 2 is 2.35 bits per heavy atom. The highest BCUT2D eigenvalue weighted by molar-refractivity contribution is 8.00. The molecule has 0 saturated carbocycles. The van der Waals surface area contributed by atoms with Gasteiger partial charge in [0.25, 0.3) is 0 Å². The first kappa shape index (κ1) is 17.1. The van der Waals surface area contributed by atoms with Crippen LogP contribution in [0.2, 0.25) is 0 Å². The van der Waals surface area contributed by atoms with Crippen LogP contribution in [0.25, 0.3) is 0 Å². The molecule has 0 radical (unpaired) electrons. The predicted octanol–water partition coefficient (Wildman–Crippen LogP) is 2.51. The highest BCUT2D eigenvalue weighted by Crippen LogP contribution is 2.23. The van der Waals surface area contributed by atoms with Crippen LogP contribution >= 0.6 is 23.1 Å². The zero-order valence-electron chi connectivity index (χ0n) is 14.3. The van der Waals surface area contributed by atoms with E-state index >= 15 is 0 Å². The van der Waals surface area contributed by atoms with E-state index in [2.05, 4.69) is 50.2 Å². The van der Waals surface area contributed by atoms with Crippen molar-refractivity contribution >= 4 is 29.1 Å². The average molecular weight is 353 g/mol. The number of aliphatic imine (C=N–C) groups is 1. The molecule has 1 unspecified atom stereocenters. The number of guanidine groups is 1. The highest BCUT2D eigenvalue weighted by Gasteiger charge is 2.22. The summed E-state index contributed by atoms with van der Waals surface area (Å²) in [6.07, 6.45) is 2.46. The number of nitrogens with one attached hydrogen (secondary N) is 1. The van der Waals surface area contributed by atoms with Gasteiger partial charge in [-0.15, -0.1) is 11.3 Å². The molecule has 4 nitrogen and oxygen atoms in total. The van der Waals surface area contributed by atoms with E-state index in [0.717, 1.165) is 43.9 Å². The Kier molecular flexibility index (Phi) is 6.25. The van der Waals surface area contributed by atoms with Gasteiger partial charge in [0.2, 0.25) is 0 Å². The Labute approximate surface area is 148 Å². The molecule has 6 heteroatoms. The minimum atomic E-state index is 0.751. The lowest BCUT2D eigenvalue weighted by atomic mass is 10.1. The Hall–Kier alpha value is -0.720. The molecular formula is C17H28N4S2. The number of nitrogens with zero attached hydrogens (tertiary/aromatic N) is 3. The molecule has 0 bridgehead atoms. The lowest BCUT2D eigenvalue weighted by Crippen LogP contribution is -2.49. The van der Waals surface area contributed by atoms with Crippen molar-refractivity contribution in [2.75, 3.05) is 45.5 Å². The summed E-state index contributed by atoms with van der Waals surface area (Å²) >= 11 is 4.01. The van der Waals surface area contributed by atoms with Crippen LogP contribution in [0.1, 0.15) is 23.8 Å². The number of hydrogen-bond donors (Lipinski definition) is 1. The molecule has 1 aromatic rings. The molecule has 3 heterocycles. The molecule has 128 valence electrons. The Morgan fingerprint density at radius 3 is 3.17 bits per heavy atom. The van der Waals surface area contributed by atoms with Crippen LogP contribution in [-0.2, 0) is 13.0 Å². The highest BCUT2D eigenvalue weighted by atomic mass is 32.2. The fourth-order valence-corrected chi connectivity index (χ4v) is 5.38. The molecule has 0 spiro atoms. The molecule has 23 heavy (non-hydrogen) atoms. The third-order valence-corrected chi connectivity index (χ3v) is 7.10. The zero-order valence-corrected chi connectivity index (χ0v) is 15.9. The molecule has 3 rings (SSSR count). The van der Waals surface area contributed by atoms with E-state index in [4.69, 9.17) is 0 Å². The second-order valence-corrected chi connectivity index (χ2v) is 8.63. The van der Waals surface area contributed by atoms with Gasteiger partial charge in [-0.25, -0.2) is 0 Å². The van der Waals surface area contributed by atoms with E-state index in [1.807, 2.05) is 18.4 Å². The quantitative estimate of drug-likeness (QED) is 0.666. The smallest absolute Gasteiger partial charge is 0.193 e. The van der Waals surface area contributed by atoms with Crippen LogP contribution in [-0.4, -0.2) is 66.5 Å². The summed E-state index contributed by atoms with van der Waals surface area (Å²) in [4.78, 5) is 11.1. The molecular weight excluding hydrogens is 324 g/mol. The topological polar surface area (TPSA) is 30.9 Å². The van der Waals surface area contributed by atoms with Gasteiger partial charge in [0.05, 0.1) is 0 Å². The van der Waals surface area contributed by atoms with Gasteiger partial charge in [0.15, 0.2) is 5.96 Å². The maximum atomic E-state index is 4.50. The van der Waals surface area contributed by atoms with Crippen LogP contribution in [0.4, 0.5) is 0 Å². The molecule has 2 aliphatic heterocycles. The molecule has 1 aromatic heterocycles. The van der Waals surface area contributed by atoms with Crippen molar-refractivity contribution in [1.29, 1.82) is 0 Å². The predicted molar refractivity (Wildman–Crippen MR) is 103 cm³/mol. The summed E-state index contributed by atoms with van der Waals surface area (Å²) in [5, 5.41) is 6.56. The first-order valence-electron chi connectivity index (χ1n) is 8.65. The summed E-state index contributed by atoms with van der Waals surface area (Å²) in [5.41, 5.74) is 1.53. The van der Waals surface area contributed by atoms with Gasteiger partial charge in [-0.1, -0.05) is 6.92 Å². The maximum Gasteiger partial charge on any atom is 0.193 e. The minimum Gasteiger partial charge on any atom is -0.355 e. The summed E-state index contributed by atoms with van der Waals surface area (Å²) in [7, 11) is 1.91. The van der Waals surface area contributed by atoms with Gasteiger partial charge in [0, 0.05) is 62.2 Å². The number of thioether (sulfide) groups is 1. The first-order valence-corrected chi connectivity index (χ1v) is 10.6. The number of rotatable bonds is 4. The van der Waals surface area contributed by atoms with E-state index in [-0.39, 0.29) is 0 Å². The van der Waals surface area contributed by atoms with Crippen LogP contribution in [0.3, 0.4) is 0 Å². The summed E-state index contributed by atoms with van der Waals surface area (Å²) in [6.45, 7) is 8.89. The van der Waals surface area contributed by atoms with Crippen LogP contribution < -0.4 is 5.32 Å². The van der Waals surface area contributed by atoms with E-state index in [1.165, 1.54) is 30.7 Å². The molecule has 1 atom stereocenters. The third-order valence-electron chi connectivity index (χ3n) is 4.70. The van der Waals surface area contributed by atoms with Gasteiger partial charge in [-0.2, -0.15) is 11.8 Å². The van der Waals surface area contributed by atoms with E-state index in [9.17, 15) is 0 Å². The second-order valence-electron chi connectivity index (χ2n) is 6.22. The Balaban J connectivity index is 1.44. The summed E-state index contributed by atoms with van der Waals surface area (Å²) < 4.78 is 0. The monoisotopic (exact) mass is 352 g/mol. The largest absolute Gasteiger partial charge is 0.355 e. The van der Waals surface area contributed by atoms with Crippen molar-refractivity contribution in [1.82, 2.24) is 15.1 Å². The van der Waals surface area contributed by atoms with Crippen molar-refractivity contribution in [3.8, 4) is 0 Å². The fraction of sp³-hybridized carbons (Fsp3) is 0.706. The standard InChI is InChI=1S/C17H28N4S2/c1-3-15-13-21(9-11-22-15)17(18-2)19-6-8-20-7-4-16-14(12-20)5-10-23-16/h5,10,15H,3-4,6-9,11-13H2,1-2H3,(H,18,19). The van der Waals surface area contributed by atoms with Crippen molar-refractivity contribution in [2.24, 2.45) is 4.99 Å². The van der Waals surface area contributed by atoms with Crippen LogP contribution in [0, 0.1) is 0 Å². The van der Waals surface area contributed by atoms with Crippen LogP contribution in [0.15, 0.2) is 16.4 Å². The molecule has 1 fully saturated rings. The van der Waals surface area contributed by atoms with Gasteiger partial charge >= 0.3 is 0 Å². The van der Waals surface area contributed by atoms with Crippen molar-refractivity contribution in [3.63, 3.8) is 0 Å². The normalized spacial score (nSPS) is 23.0. The zero-order chi connectivity index (χ0) is 16.1. The van der Waals surface area contributed by atoms with Crippen molar-refractivity contribution in [2.45, 2.75) is 31.6 Å². The Bertz CT molecular complexity index is 528. The SMILES string of the molecule is CCC1CN(C(=NC)NCCN2CCc3sccc3C2)CCS1. The lowest BCUT2D eigenvalue weighted by molar-refractivity contribution is 0.258. The van der Waals surface area contributed by atoms with Gasteiger partial charge in [-0.05, 0) is 29.9 Å². The number of fused-ring (bicyclic) bond motifs is 1. The van der Waals surface area contributed by atoms with E-state index < -0.39 is 0 Å². The number of thiophene rings is 1. The van der Waals surface area contributed by atoms with Gasteiger partial charge in [0.1, 0.15) is 0 Å². The molecule has 0 aromatic carbocycles. The Morgan fingerprint density at radius 1 is 1.43 bits per heavy atom. The van der Waals surface area contributed by atoms with Crippen molar-refractivity contribution < 1.29 is 0 Å². The summed E-state index contributed by atoms with van der Waals surface area (Å²) in [6, 6.07) is 2.29. The maximum absolute atomic E-state index is 4.50. The van der Waals surface area contributed by atoms with Crippen LogP contribution in [0.5, 0.6) is 0 Å². The molecule has 1 saturated heterocycles. The lowest BCUT2D eigenvalue weighted by Gasteiger charge is -2.34. The fourth-order valence-electron chi connectivity index (χ4n) is 3.31. The molecule has 2 aliphatic rings. The van der Waals surface area contributed by atoms with Gasteiger partial charge < -0.3 is 10.2 Å². The first-order chi connectivity index (χ1) is 11.3. The van der Waals surface area contributed by atoms with E-state index in [0.29, 0.717) is 0 Å². The number of hydrogen-bond acceptors (Lipinski definition) is 4. The third kappa shape index (κ3) is 4.43. The minimum absolute atomic E-state index is 0.751. The van der Waals surface area contributed by atoms with Crippen molar-refractivity contribution in [3.05, 3.63) is 21.9 Å². The van der Waals surface area contributed by atoms with E-state index in [1.54, 1.807) is 4.88 Å². The molecule has 1 N–H and O–H groups in total. The van der Waals surface area contributed by atoms with Gasteiger partial charge in [-0.3, -0.25) is 9.89 Å². The molecule has 0 aliphatic carbocycles. The molecule has 0 amide bonds.